The molecule has 0 heterocycles. The number of rotatable bonds is 9. The van der Waals surface area contributed by atoms with E-state index in [-0.39, 0.29) is 5.75 Å². The molecule has 0 bridgehead atoms. The minimum Gasteiger partial charge on any atom is -0.494 e. The lowest BCUT2D eigenvalue weighted by molar-refractivity contribution is -0.119. The van der Waals surface area contributed by atoms with E-state index in [0.29, 0.717) is 13.0 Å². The van der Waals surface area contributed by atoms with Gasteiger partial charge in [0.05, 0.1) is 18.4 Å². The van der Waals surface area contributed by atoms with E-state index in [1.807, 2.05) is 61.5 Å². The summed E-state index contributed by atoms with van der Waals surface area (Å²) < 4.78 is 29.3. The van der Waals surface area contributed by atoms with Gasteiger partial charge in [0.1, 0.15) is 11.5 Å². The van der Waals surface area contributed by atoms with Gasteiger partial charge in [-0.1, -0.05) is 49.4 Å². The van der Waals surface area contributed by atoms with Crippen LogP contribution in [0.5, 0.6) is 5.75 Å². The maximum atomic E-state index is 12.3. The van der Waals surface area contributed by atoms with Gasteiger partial charge in [0.25, 0.3) is 0 Å². The minimum absolute atomic E-state index is 0.0134. The SMILES string of the molecule is CCCS(=O)(=O)CC(=O)NC(c1ccccc1)c1ccc(OCC)cc1. The summed E-state index contributed by atoms with van der Waals surface area (Å²) in [6, 6.07) is 16.5. The third-order valence-electron chi connectivity index (χ3n) is 3.83. The van der Waals surface area contributed by atoms with Gasteiger partial charge in [-0.05, 0) is 36.6 Å². The Kier molecular flexibility index (Phi) is 7.21. The van der Waals surface area contributed by atoms with Crippen LogP contribution in [0.15, 0.2) is 54.6 Å². The highest BCUT2D eigenvalue weighted by atomic mass is 32.2. The second-order valence-corrected chi connectivity index (χ2v) is 8.19. The summed E-state index contributed by atoms with van der Waals surface area (Å²) in [5.74, 6) is -0.234. The molecule has 2 aromatic carbocycles. The summed E-state index contributed by atoms with van der Waals surface area (Å²) in [6.45, 7) is 4.27. The van der Waals surface area contributed by atoms with Crippen LogP contribution < -0.4 is 10.1 Å². The molecular weight excluding hydrogens is 350 g/mol. The summed E-state index contributed by atoms with van der Waals surface area (Å²) >= 11 is 0. The van der Waals surface area contributed by atoms with Crippen molar-refractivity contribution in [1.29, 1.82) is 0 Å². The van der Waals surface area contributed by atoms with Gasteiger partial charge >= 0.3 is 0 Å². The van der Waals surface area contributed by atoms with Crippen LogP contribution in [-0.4, -0.2) is 32.4 Å². The topological polar surface area (TPSA) is 72.5 Å². The zero-order valence-corrected chi connectivity index (χ0v) is 16.0. The molecule has 0 aliphatic carbocycles. The zero-order valence-electron chi connectivity index (χ0n) is 15.1. The van der Waals surface area contributed by atoms with Gasteiger partial charge in [-0.15, -0.1) is 0 Å². The van der Waals surface area contributed by atoms with Crippen molar-refractivity contribution in [2.24, 2.45) is 0 Å². The molecule has 2 aromatic rings. The Morgan fingerprint density at radius 3 is 2.19 bits per heavy atom. The Bertz CT molecular complexity index is 801. The minimum atomic E-state index is -3.39. The fourth-order valence-electron chi connectivity index (χ4n) is 2.71. The molecule has 0 saturated heterocycles. The molecule has 1 atom stereocenters. The number of carbonyl (C=O) groups excluding carboxylic acids is 1. The summed E-state index contributed by atoms with van der Waals surface area (Å²) in [7, 11) is -3.39. The van der Waals surface area contributed by atoms with E-state index in [2.05, 4.69) is 5.32 Å². The second kappa shape index (κ2) is 9.38. The van der Waals surface area contributed by atoms with Gasteiger partial charge < -0.3 is 10.1 Å². The van der Waals surface area contributed by atoms with E-state index in [4.69, 9.17) is 4.74 Å². The molecule has 0 fully saturated rings. The lowest BCUT2D eigenvalue weighted by Gasteiger charge is -2.20. The molecule has 1 N–H and O–H groups in total. The molecule has 0 saturated carbocycles. The van der Waals surface area contributed by atoms with E-state index in [1.54, 1.807) is 6.92 Å². The van der Waals surface area contributed by atoms with Crippen molar-refractivity contribution in [3.63, 3.8) is 0 Å². The number of sulfone groups is 1. The van der Waals surface area contributed by atoms with E-state index in [0.717, 1.165) is 16.9 Å². The van der Waals surface area contributed by atoms with Crippen LogP contribution in [0.2, 0.25) is 0 Å². The lowest BCUT2D eigenvalue weighted by atomic mass is 9.98. The maximum absolute atomic E-state index is 12.3. The molecule has 5 nitrogen and oxygen atoms in total. The number of hydrogen-bond acceptors (Lipinski definition) is 4. The monoisotopic (exact) mass is 375 g/mol. The van der Waals surface area contributed by atoms with Crippen LogP contribution >= 0.6 is 0 Å². The van der Waals surface area contributed by atoms with Crippen molar-refractivity contribution in [2.75, 3.05) is 18.1 Å². The molecule has 2 rings (SSSR count). The average Bonchev–Trinajstić information content (AvgIpc) is 2.61. The van der Waals surface area contributed by atoms with E-state index >= 15 is 0 Å². The number of benzene rings is 2. The summed E-state index contributed by atoms with van der Waals surface area (Å²) in [4.78, 5) is 12.3. The number of ether oxygens (including phenoxy) is 1. The van der Waals surface area contributed by atoms with E-state index < -0.39 is 27.5 Å². The molecule has 140 valence electrons. The van der Waals surface area contributed by atoms with Gasteiger partial charge in [-0.25, -0.2) is 8.42 Å². The Labute approximate surface area is 155 Å². The molecule has 0 aliphatic rings. The number of hydrogen-bond donors (Lipinski definition) is 1. The van der Waals surface area contributed by atoms with Crippen LogP contribution in [-0.2, 0) is 14.6 Å². The molecular formula is C20H25NO4S. The third kappa shape index (κ3) is 5.88. The fraction of sp³-hybridized carbons (Fsp3) is 0.350. The van der Waals surface area contributed by atoms with E-state index in [9.17, 15) is 13.2 Å². The largest absolute Gasteiger partial charge is 0.494 e. The Morgan fingerprint density at radius 1 is 1.00 bits per heavy atom. The highest BCUT2D eigenvalue weighted by Crippen LogP contribution is 2.24. The smallest absolute Gasteiger partial charge is 0.235 e. The first-order valence-corrected chi connectivity index (χ1v) is 10.5. The molecule has 0 spiro atoms. The van der Waals surface area contributed by atoms with Gasteiger partial charge in [0.15, 0.2) is 9.84 Å². The maximum Gasteiger partial charge on any atom is 0.235 e. The second-order valence-electron chi connectivity index (χ2n) is 6.01. The highest BCUT2D eigenvalue weighted by Gasteiger charge is 2.21. The van der Waals surface area contributed by atoms with Gasteiger partial charge in [0, 0.05) is 0 Å². The zero-order chi connectivity index (χ0) is 19.0. The standard InChI is InChI=1S/C20H25NO4S/c1-3-14-26(23,24)15-19(22)21-20(16-8-6-5-7-9-16)17-10-12-18(13-11-17)25-4-2/h5-13,20H,3-4,14-15H2,1-2H3,(H,21,22). The summed E-state index contributed by atoms with van der Waals surface area (Å²) in [5.41, 5.74) is 1.75. The number of amides is 1. The molecule has 0 aliphatic heterocycles. The predicted octanol–water partition coefficient (Wildman–Crippen LogP) is 3.12. The predicted molar refractivity (Wildman–Crippen MR) is 103 cm³/mol. The number of nitrogens with one attached hydrogen (secondary N) is 1. The van der Waals surface area contributed by atoms with Crippen molar-refractivity contribution < 1.29 is 17.9 Å². The normalized spacial score (nSPS) is 12.4. The molecule has 0 radical (unpaired) electrons. The van der Waals surface area contributed by atoms with Crippen LogP contribution in [0.3, 0.4) is 0 Å². The average molecular weight is 375 g/mol. The Morgan fingerprint density at radius 2 is 1.62 bits per heavy atom. The lowest BCUT2D eigenvalue weighted by Crippen LogP contribution is -2.34. The fourth-order valence-corrected chi connectivity index (χ4v) is 3.96. The quantitative estimate of drug-likeness (QED) is 0.731. The van der Waals surface area contributed by atoms with Gasteiger partial charge in [-0.2, -0.15) is 0 Å². The third-order valence-corrected chi connectivity index (χ3v) is 5.56. The van der Waals surface area contributed by atoms with Crippen LogP contribution in [0, 0.1) is 0 Å². The molecule has 1 amide bonds. The Balaban J connectivity index is 2.23. The van der Waals surface area contributed by atoms with Crippen molar-refractivity contribution in [3.05, 3.63) is 65.7 Å². The van der Waals surface area contributed by atoms with Crippen LogP contribution in [0.25, 0.3) is 0 Å². The number of carbonyl (C=O) groups is 1. The molecule has 1 unspecified atom stereocenters. The van der Waals surface area contributed by atoms with Crippen molar-refractivity contribution in [3.8, 4) is 5.75 Å². The summed E-state index contributed by atoms with van der Waals surface area (Å²) in [5, 5.41) is 2.86. The first-order chi connectivity index (χ1) is 12.4. The van der Waals surface area contributed by atoms with Crippen LogP contribution in [0.1, 0.15) is 37.4 Å². The van der Waals surface area contributed by atoms with Crippen molar-refractivity contribution in [1.82, 2.24) is 5.32 Å². The summed E-state index contributed by atoms with van der Waals surface area (Å²) in [6.07, 6.45) is 0.497. The van der Waals surface area contributed by atoms with Crippen molar-refractivity contribution >= 4 is 15.7 Å². The Hall–Kier alpha value is -2.34. The molecule has 6 heteroatoms. The van der Waals surface area contributed by atoms with Gasteiger partial charge in [0.2, 0.25) is 5.91 Å². The van der Waals surface area contributed by atoms with Gasteiger partial charge in [-0.3, -0.25) is 4.79 Å². The van der Waals surface area contributed by atoms with E-state index in [1.165, 1.54) is 0 Å². The highest BCUT2D eigenvalue weighted by molar-refractivity contribution is 7.92. The molecule has 26 heavy (non-hydrogen) atoms. The molecule has 0 aromatic heterocycles. The van der Waals surface area contributed by atoms with Crippen molar-refractivity contribution in [2.45, 2.75) is 26.3 Å². The first-order valence-electron chi connectivity index (χ1n) is 8.72. The first kappa shape index (κ1) is 20.0. The van der Waals surface area contributed by atoms with Crippen LogP contribution in [0.4, 0.5) is 0 Å².